The van der Waals surface area contributed by atoms with Crippen molar-refractivity contribution in [3.63, 3.8) is 0 Å². The predicted molar refractivity (Wildman–Crippen MR) is 108 cm³/mol. The number of fused-ring (bicyclic) bond motifs is 1. The van der Waals surface area contributed by atoms with Crippen LogP contribution < -0.4 is 4.74 Å². The van der Waals surface area contributed by atoms with Crippen molar-refractivity contribution in [3.05, 3.63) is 59.9 Å². The van der Waals surface area contributed by atoms with E-state index in [1.165, 1.54) is 0 Å². The van der Waals surface area contributed by atoms with Crippen molar-refractivity contribution in [1.29, 1.82) is 0 Å². The molecule has 0 radical (unpaired) electrons. The molecular weight excluding hydrogens is 354 g/mol. The first-order valence-electron chi connectivity index (χ1n) is 9.60. The highest BCUT2D eigenvalue weighted by Gasteiger charge is 2.33. The number of para-hydroxylation sites is 2. The molecule has 3 aromatic rings. The fraction of sp³-hybridized carbons (Fsp3) is 0.364. The Labute approximate surface area is 164 Å². The van der Waals surface area contributed by atoms with Crippen molar-refractivity contribution in [2.45, 2.75) is 24.8 Å². The number of benzene rings is 2. The van der Waals surface area contributed by atoms with Gasteiger partial charge >= 0.3 is 5.97 Å². The molecule has 1 unspecified atom stereocenters. The molecule has 0 saturated carbocycles. The molecule has 4 rings (SSSR count). The van der Waals surface area contributed by atoms with Gasteiger partial charge in [-0.1, -0.05) is 24.3 Å². The maximum Gasteiger partial charge on any atom is 0.325 e. The quantitative estimate of drug-likeness (QED) is 0.734. The lowest BCUT2D eigenvalue weighted by Crippen LogP contribution is -2.40. The molecule has 0 aliphatic carbocycles. The third-order valence-electron chi connectivity index (χ3n) is 5.73. The van der Waals surface area contributed by atoms with E-state index in [0.717, 1.165) is 48.4 Å². The number of nitrogens with zero attached hydrogens (tertiary/aromatic N) is 3. The van der Waals surface area contributed by atoms with E-state index >= 15 is 0 Å². The molecule has 2 heterocycles. The minimum Gasteiger partial charge on any atom is -0.497 e. The van der Waals surface area contributed by atoms with Gasteiger partial charge in [-0.05, 0) is 55.8 Å². The Bertz CT molecular complexity index is 990. The maximum absolute atomic E-state index is 12.0. The van der Waals surface area contributed by atoms with E-state index in [0.29, 0.717) is 11.7 Å². The number of rotatable bonds is 5. The molecule has 1 aliphatic heterocycles. The normalized spacial score (nSPS) is 16.9. The summed E-state index contributed by atoms with van der Waals surface area (Å²) in [5.74, 6) is 1.29. The van der Waals surface area contributed by atoms with Crippen LogP contribution in [0.25, 0.3) is 11.0 Å². The van der Waals surface area contributed by atoms with Gasteiger partial charge in [0, 0.05) is 13.0 Å². The zero-order valence-corrected chi connectivity index (χ0v) is 16.2. The molecule has 1 fully saturated rings. The molecule has 28 heavy (non-hydrogen) atoms. The van der Waals surface area contributed by atoms with Gasteiger partial charge in [-0.15, -0.1) is 0 Å². The van der Waals surface area contributed by atoms with Gasteiger partial charge in [0.2, 0.25) is 0 Å². The molecule has 0 spiro atoms. The van der Waals surface area contributed by atoms with Gasteiger partial charge in [-0.3, -0.25) is 9.69 Å². The summed E-state index contributed by atoms with van der Waals surface area (Å²) >= 11 is 0. The number of carboxylic acids is 1. The molecule has 0 amide bonds. The van der Waals surface area contributed by atoms with Crippen molar-refractivity contribution in [2.24, 2.45) is 7.05 Å². The molecule has 146 valence electrons. The fourth-order valence-electron chi connectivity index (χ4n) is 4.27. The van der Waals surface area contributed by atoms with Gasteiger partial charge in [0.25, 0.3) is 0 Å². The Morgan fingerprint density at radius 1 is 1.18 bits per heavy atom. The van der Waals surface area contributed by atoms with Crippen molar-refractivity contribution in [2.75, 3.05) is 20.2 Å². The van der Waals surface area contributed by atoms with Crippen molar-refractivity contribution in [1.82, 2.24) is 14.5 Å². The van der Waals surface area contributed by atoms with Crippen LogP contribution in [0, 0.1) is 0 Å². The number of hydrogen-bond donors (Lipinski definition) is 1. The number of aromatic nitrogens is 2. The monoisotopic (exact) mass is 379 g/mol. The van der Waals surface area contributed by atoms with E-state index in [4.69, 9.17) is 9.72 Å². The van der Waals surface area contributed by atoms with Crippen LogP contribution in [0.15, 0.2) is 48.5 Å². The Kier molecular flexibility index (Phi) is 5.05. The Balaban J connectivity index is 1.53. The van der Waals surface area contributed by atoms with Crippen molar-refractivity contribution in [3.8, 4) is 5.75 Å². The van der Waals surface area contributed by atoms with Crippen LogP contribution >= 0.6 is 0 Å². The molecule has 1 aliphatic rings. The van der Waals surface area contributed by atoms with E-state index in [-0.39, 0.29) is 0 Å². The Morgan fingerprint density at radius 3 is 2.61 bits per heavy atom. The summed E-state index contributed by atoms with van der Waals surface area (Å²) in [4.78, 5) is 18.9. The van der Waals surface area contributed by atoms with Gasteiger partial charge in [0.15, 0.2) is 0 Å². The second kappa shape index (κ2) is 7.64. The Morgan fingerprint density at radius 2 is 1.93 bits per heavy atom. The molecule has 1 N–H and O–H groups in total. The van der Waals surface area contributed by atoms with Crippen LogP contribution in [0.2, 0.25) is 0 Å². The van der Waals surface area contributed by atoms with Gasteiger partial charge in [-0.25, -0.2) is 4.98 Å². The van der Waals surface area contributed by atoms with E-state index in [2.05, 4.69) is 22.6 Å². The number of aliphatic carboxylic acids is 1. The zero-order valence-electron chi connectivity index (χ0n) is 16.2. The first-order chi connectivity index (χ1) is 13.6. The van der Waals surface area contributed by atoms with E-state index in [1.807, 2.05) is 42.5 Å². The lowest BCUT2D eigenvalue weighted by Gasteiger charge is -2.35. The maximum atomic E-state index is 12.0. The summed E-state index contributed by atoms with van der Waals surface area (Å²) in [5.41, 5.74) is 2.91. The summed E-state index contributed by atoms with van der Waals surface area (Å²) in [6.45, 7) is 1.45. The number of carbonyl (C=O) groups is 1. The van der Waals surface area contributed by atoms with Crippen molar-refractivity contribution >= 4 is 17.0 Å². The number of carboxylic acid groups (broad SMARTS) is 1. The molecular formula is C22H25N3O3. The SMILES string of the molecule is COc1cccc(C(C(=O)O)N2CCC(c3nc4ccccc4n3C)CC2)c1. The van der Waals surface area contributed by atoms with Crippen LogP contribution in [0.3, 0.4) is 0 Å². The summed E-state index contributed by atoms with van der Waals surface area (Å²) in [5, 5.41) is 9.87. The number of aryl methyl sites for hydroxylation is 1. The number of likely N-dealkylation sites (tertiary alicyclic amines) is 1. The minimum absolute atomic E-state index is 0.341. The number of imidazole rings is 1. The highest BCUT2D eigenvalue weighted by molar-refractivity contribution is 5.76. The third-order valence-corrected chi connectivity index (χ3v) is 5.73. The fourth-order valence-corrected chi connectivity index (χ4v) is 4.27. The number of piperidine rings is 1. The van der Waals surface area contributed by atoms with E-state index < -0.39 is 12.0 Å². The molecule has 2 aromatic carbocycles. The van der Waals surface area contributed by atoms with Crippen LogP contribution in [0.4, 0.5) is 0 Å². The predicted octanol–water partition coefficient (Wildman–Crippen LogP) is 3.59. The second-order valence-corrected chi connectivity index (χ2v) is 7.35. The molecule has 1 aromatic heterocycles. The highest BCUT2D eigenvalue weighted by Crippen LogP contribution is 2.34. The van der Waals surface area contributed by atoms with Crippen LogP contribution in [-0.4, -0.2) is 45.7 Å². The average Bonchev–Trinajstić information content (AvgIpc) is 3.05. The second-order valence-electron chi connectivity index (χ2n) is 7.35. The van der Waals surface area contributed by atoms with E-state index in [9.17, 15) is 9.90 Å². The number of hydrogen-bond acceptors (Lipinski definition) is 4. The molecule has 0 bridgehead atoms. The van der Waals surface area contributed by atoms with Gasteiger partial charge in [0.1, 0.15) is 17.6 Å². The summed E-state index contributed by atoms with van der Waals surface area (Å²) in [7, 11) is 3.66. The topological polar surface area (TPSA) is 67.6 Å². The van der Waals surface area contributed by atoms with Gasteiger partial charge in [0.05, 0.1) is 18.1 Å². The van der Waals surface area contributed by atoms with Crippen molar-refractivity contribution < 1.29 is 14.6 Å². The molecule has 1 saturated heterocycles. The smallest absolute Gasteiger partial charge is 0.325 e. The third kappa shape index (κ3) is 3.36. The average molecular weight is 379 g/mol. The standard InChI is InChI=1S/C22H25N3O3/c1-24-19-9-4-3-8-18(19)23-21(24)15-10-12-25(13-11-15)20(22(26)27)16-6-5-7-17(14-16)28-2/h3-9,14-15,20H,10-13H2,1-2H3,(H,26,27). The first-order valence-corrected chi connectivity index (χ1v) is 9.60. The summed E-state index contributed by atoms with van der Waals surface area (Å²) in [6, 6.07) is 14.9. The number of ether oxygens (including phenoxy) is 1. The lowest BCUT2D eigenvalue weighted by atomic mass is 9.93. The number of methoxy groups -OCH3 is 1. The zero-order chi connectivity index (χ0) is 19.7. The molecule has 1 atom stereocenters. The summed E-state index contributed by atoms with van der Waals surface area (Å²) in [6.07, 6.45) is 1.79. The van der Waals surface area contributed by atoms with Crippen LogP contribution in [-0.2, 0) is 11.8 Å². The summed E-state index contributed by atoms with van der Waals surface area (Å²) < 4.78 is 7.44. The van der Waals surface area contributed by atoms with Gasteiger partial charge in [-0.2, -0.15) is 0 Å². The lowest BCUT2D eigenvalue weighted by molar-refractivity contribution is -0.144. The molecule has 6 heteroatoms. The first kappa shape index (κ1) is 18.5. The highest BCUT2D eigenvalue weighted by atomic mass is 16.5. The molecule has 6 nitrogen and oxygen atoms in total. The van der Waals surface area contributed by atoms with Crippen LogP contribution in [0.1, 0.15) is 36.2 Å². The van der Waals surface area contributed by atoms with E-state index in [1.54, 1.807) is 7.11 Å². The van der Waals surface area contributed by atoms with Crippen LogP contribution in [0.5, 0.6) is 5.75 Å². The minimum atomic E-state index is -0.825. The van der Waals surface area contributed by atoms with Gasteiger partial charge < -0.3 is 14.4 Å². The Hall–Kier alpha value is -2.86. The largest absolute Gasteiger partial charge is 0.497 e.